The molecule has 134 valence electrons. The van der Waals surface area contributed by atoms with Gasteiger partial charge in [0.15, 0.2) is 6.10 Å². The van der Waals surface area contributed by atoms with Crippen LogP contribution in [0, 0.1) is 0 Å². The summed E-state index contributed by atoms with van der Waals surface area (Å²) in [7, 11) is 0. The first-order valence-corrected chi connectivity index (χ1v) is 9.13. The summed E-state index contributed by atoms with van der Waals surface area (Å²) in [5.41, 5.74) is 2.64. The van der Waals surface area contributed by atoms with Gasteiger partial charge in [-0.2, -0.15) is 0 Å². The van der Waals surface area contributed by atoms with Crippen molar-refractivity contribution in [2.24, 2.45) is 0 Å². The highest BCUT2D eigenvalue weighted by Gasteiger charge is 2.15. The quantitative estimate of drug-likeness (QED) is 0.675. The molecule has 2 rings (SSSR count). The van der Waals surface area contributed by atoms with Crippen LogP contribution in [0.15, 0.2) is 48.5 Å². The van der Waals surface area contributed by atoms with Crippen LogP contribution < -0.4 is 10.1 Å². The van der Waals surface area contributed by atoms with Crippen LogP contribution in [-0.2, 0) is 11.2 Å². The number of carbonyl (C=O) groups excluding carboxylic acids is 1. The number of hydrogen-bond acceptors (Lipinski definition) is 2. The maximum absolute atomic E-state index is 12.1. The Hall–Kier alpha value is -2.00. The lowest BCUT2D eigenvalue weighted by Gasteiger charge is -2.15. The lowest BCUT2D eigenvalue weighted by Crippen LogP contribution is -2.37. The van der Waals surface area contributed by atoms with E-state index < -0.39 is 6.10 Å². The van der Waals surface area contributed by atoms with E-state index in [4.69, 9.17) is 16.3 Å². The number of halogens is 1. The zero-order valence-electron chi connectivity index (χ0n) is 15.1. The Kier molecular flexibility index (Phi) is 7.32. The summed E-state index contributed by atoms with van der Waals surface area (Å²) in [6, 6.07) is 15.8. The Morgan fingerprint density at radius 1 is 1.08 bits per heavy atom. The highest BCUT2D eigenvalue weighted by Crippen LogP contribution is 2.24. The second-order valence-electron chi connectivity index (χ2n) is 6.48. The van der Waals surface area contributed by atoms with E-state index in [-0.39, 0.29) is 5.91 Å². The summed E-state index contributed by atoms with van der Waals surface area (Å²) in [5.74, 6) is 0.945. The molecule has 0 aliphatic carbocycles. The third-order valence-corrected chi connectivity index (χ3v) is 4.41. The maximum atomic E-state index is 12.1. The molecule has 0 spiro atoms. The van der Waals surface area contributed by atoms with Gasteiger partial charge >= 0.3 is 0 Å². The van der Waals surface area contributed by atoms with Gasteiger partial charge in [-0.3, -0.25) is 4.79 Å². The largest absolute Gasteiger partial charge is 0.479 e. The van der Waals surface area contributed by atoms with Crippen LogP contribution in [0.5, 0.6) is 5.75 Å². The second kappa shape index (κ2) is 9.47. The number of nitrogens with one attached hydrogen (secondary N) is 1. The van der Waals surface area contributed by atoms with Crippen LogP contribution in [-0.4, -0.2) is 18.6 Å². The molecule has 0 saturated heterocycles. The molecule has 0 bridgehead atoms. The van der Waals surface area contributed by atoms with E-state index in [1.165, 1.54) is 11.1 Å². The van der Waals surface area contributed by atoms with Crippen molar-refractivity contribution in [3.8, 4) is 5.75 Å². The van der Waals surface area contributed by atoms with Crippen molar-refractivity contribution in [3.05, 3.63) is 64.7 Å². The van der Waals surface area contributed by atoms with Gasteiger partial charge in [-0.25, -0.2) is 0 Å². The fourth-order valence-corrected chi connectivity index (χ4v) is 2.68. The van der Waals surface area contributed by atoms with E-state index >= 15 is 0 Å². The van der Waals surface area contributed by atoms with Crippen LogP contribution in [0.1, 0.15) is 44.2 Å². The van der Waals surface area contributed by atoms with Crippen molar-refractivity contribution in [2.45, 2.75) is 45.6 Å². The van der Waals surface area contributed by atoms with E-state index in [0.717, 1.165) is 12.8 Å². The molecule has 0 aliphatic rings. The smallest absolute Gasteiger partial charge is 0.260 e. The summed E-state index contributed by atoms with van der Waals surface area (Å²) >= 11 is 6.04. The van der Waals surface area contributed by atoms with E-state index in [0.29, 0.717) is 23.2 Å². The molecule has 1 amide bonds. The van der Waals surface area contributed by atoms with Crippen molar-refractivity contribution >= 4 is 17.5 Å². The molecule has 0 aromatic heterocycles. The third kappa shape index (κ3) is 6.09. The van der Waals surface area contributed by atoms with Crippen molar-refractivity contribution in [1.29, 1.82) is 0 Å². The van der Waals surface area contributed by atoms with Crippen molar-refractivity contribution in [3.63, 3.8) is 0 Å². The Morgan fingerprint density at radius 2 is 1.76 bits per heavy atom. The molecule has 0 unspecified atom stereocenters. The SMILES string of the molecule is CC(C)c1ccc(CCCNC(=O)[C@@H](C)Oc2ccccc2Cl)cc1. The third-order valence-electron chi connectivity index (χ3n) is 4.10. The second-order valence-corrected chi connectivity index (χ2v) is 6.89. The molecule has 0 saturated carbocycles. The Bertz CT molecular complexity index is 683. The summed E-state index contributed by atoms with van der Waals surface area (Å²) in [5, 5.41) is 3.42. The van der Waals surface area contributed by atoms with E-state index in [9.17, 15) is 4.79 Å². The van der Waals surface area contributed by atoms with Crippen molar-refractivity contribution < 1.29 is 9.53 Å². The molecule has 0 heterocycles. The van der Waals surface area contributed by atoms with Crippen molar-refractivity contribution in [1.82, 2.24) is 5.32 Å². The van der Waals surface area contributed by atoms with Gasteiger partial charge < -0.3 is 10.1 Å². The number of aryl methyl sites for hydroxylation is 1. The molecule has 25 heavy (non-hydrogen) atoms. The molecule has 1 atom stereocenters. The molecule has 0 radical (unpaired) electrons. The molecule has 2 aromatic carbocycles. The Labute approximate surface area is 155 Å². The average Bonchev–Trinajstić information content (AvgIpc) is 2.60. The minimum absolute atomic E-state index is 0.130. The zero-order chi connectivity index (χ0) is 18.2. The normalized spacial score (nSPS) is 12.0. The molecule has 2 aromatic rings. The first-order chi connectivity index (χ1) is 12.0. The van der Waals surface area contributed by atoms with Crippen molar-refractivity contribution in [2.75, 3.05) is 6.54 Å². The van der Waals surface area contributed by atoms with E-state index in [2.05, 4.69) is 43.4 Å². The molecular weight excluding hydrogens is 334 g/mol. The van der Waals surface area contributed by atoms with Gasteiger partial charge in [-0.15, -0.1) is 0 Å². The Morgan fingerprint density at radius 3 is 2.40 bits per heavy atom. The number of para-hydroxylation sites is 1. The topological polar surface area (TPSA) is 38.3 Å². The summed E-state index contributed by atoms with van der Waals surface area (Å²) in [4.78, 5) is 12.1. The first kappa shape index (κ1) is 19.3. The molecule has 0 aliphatic heterocycles. The summed E-state index contributed by atoms with van der Waals surface area (Å²) in [6.45, 7) is 6.73. The number of carbonyl (C=O) groups is 1. The van der Waals surface area contributed by atoms with Gasteiger partial charge in [0, 0.05) is 6.54 Å². The number of rotatable bonds is 8. The van der Waals surface area contributed by atoms with E-state index in [1.54, 1.807) is 19.1 Å². The van der Waals surface area contributed by atoms with Crippen LogP contribution in [0.3, 0.4) is 0 Å². The summed E-state index contributed by atoms with van der Waals surface area (Å²) in [6.07, 6.45) is 1.26. The first-order valence-electron chi connectivity index (χ1n) is 8.75. The molecule has 4 heteroatoms. The standard InChI is InChI=1S/C21H26ClNO2/c1-15(2)18-12-10-17(11-13-18)7-6-14-23-21(24)16(3)25-20-9-5-4-8-19(20)22/h4-5,8-13,15-16H,6-7,14H2,1-3H3,(H,23,24)/t16-/m1/s1. The minimum Gasteiger partial charge on any atom is -0.479 e. The van der Waals surface area contributed by atoms with Crippen LogP contribution in [0.2, 0.25) is 5.02 Å². The minimum atomic E-state index is -0.578. The number of hydrogen-bond donors (Lipinski definition) is 1. The fraction of sp³-hybridized carbons (Fsp3) is 0.381. The molecule has 3 nitrogen and oxygen atoms in total. The lowest BCUT2D eigenvalue weighted by molar-refractivity contribution is -0.127. The number of amides is 1. The number of ether oxygens (including phenoxy) is 1. The van der Waals surface area contributed by atoms with Gasteiger partial charge in [0.25, 0.3) is 5.91 Å². The van der Waals surface area contributed by atoms with Gasteiger partial charge in [0.1, 0.15) is 5.75 Å². The summed E-state index contributed by atoms with van der Waals surface area (Å²) < 4.78 is 5.61. The van der Waals surface area contributed by atoms with Crippen LogP contribution in [0.4, 0.5) is 0 Å². The van der Waals surface area contributed by atoms with E-state index in [1.807, 2.05) is 12.1 Å². The molecular formula is C21H26ClNO2. The highest BCUT2D eigenvalue weighted by atomic mass is 35.5. The predicted molar refractivity (Wildman–Crippen MR) is 103 cm³/mol. The van der Waals surface area contributed by atoms with Gasteiger partial charge in [0.2, 0.25) is 0 Å². The fourth-order valence-electron chi connectivity index (χ4n) is 2.50. The van der Waals surface area contributed by atoms with Gasteiger partial charge in [0.05, 0.1) is 5.02 Å². The maximum Gasteiger partial charge on any atom is 0.260 e. The number of benzene rings is 2. The highest BCUT2D eigenvalue weighted by molar-refractivity contribution is 6.32. The van der Waals surface area contributed by atoms with Crippen LogP contribution >= 0.6 is 11.6 Å². The Balaban J connectivity index is 1.72. The average molecular weight is 360 g/mol. The zero-order valence-corrected chi connectivity index (χ0v) is 15.8. The predicted octanol–water partition coefficient (Wildman–Crippen LogP) is 4.98. The van der Waals surface area contributed by atoms with Gasteiger partial charge in [-0.05, 0) is 48.9 Å². The lowest BCUT2D eigenvalue weighted by atomic mass is 10.0. The molecule has 1 N–H and O–H groups in total. The van der Waals surface area contributed by atoms with Gasteiger partial charge in [-0.1, -0.05) is 61.8 Å². The monoisotopic (exact) mass is 359 g/mol. The molecule has 0 fully saturated rings. The van der Waals surface area contributed by atoms with Crippen LogP contribution in [0.25, 0.3) is 0 Å².